The Bertz CT molecular complexity index is 591. The molecule has 0 saturated heterocycles. The lowest BCUT2D eigenvalue weighted by Crippen LogP contribution is -2.23. The molecule has 2 aromatic rings. The number of hydrogen-bond donors (Lipinski definition) is 3. The van der Waals surface area contributed by atoms with Crippen molar-refractivity contribution in [2.75, 3.05) is 5.73 Å². The molecule has 0 aliphatic heterocycles. The summed E-state index contributed by atoms with van der Waals surface area (Å²) in [5, 5.41) is 3.86. The quantitative estimate of drug-likeness (QED) is 0.334. The van der Waals surface area contributed by atoms with Crippen LogP contribution < -0.4 is 16.9 Å². The molecule has 2 aromatic carbocycles. The van der Waals surface area contributed by atoms with E-state index in [-0.39, 0.29) is 11.7 Å². The van der Waals surface area contributed by atoms with E-state index in [1.165, 1.54) is 0 Å². The molecular formula is C14H14N4O. The predicted molar refractivity (Wildman–Crippen MR) is 75.5 cm³/mol. The summed E-state index contributed by atoms with van der Waals surface area (Å²) in [6.45, 7) is 0. The Balaban J connectivity index is 2.06. The number of hydrazone groups is 1. The Morgan fingerprint density at radius 3 is 2.21 bits per heavy atom. The molecule has 5 heteroatoms. The third-order valence-corrected chi connectivity index (χ3v) is 2.52. The van der Waals surface area contributed by atoms with E-state index in [4.69, 9.17) is 11.5 Å². The number of rotatable bonds is 3. The highest BCUT2D eigenvalue weighted by Gasteiger charge is 2.04. The topological polar surface area (TPSA) is 93.5 Å². The minimum absolute atomic E-state index is 0.254. The number of benzene rings is 2. The Hall–Kier alpha value is -2.82. The van der Waals surface area contributed by atoms with Gasteiger partial charge in [-0.25, -0.2) is 5.43 Å². The fraction of sp³-hybridized carbons (Fsp3) is 0. The van der Waals surface area contributed by atoms with Crippen molar-refractivity contribution in [2.45, 2.75) is 0 Å². The van der Waals surface area contributed by atoms with Crippen LogP contribution in [0.3, 0.4) is 0 Å². The lowest BCUT2D eigenvalue weighted by atomic mass is 10.2. The van der Waals surface area contributed by atoms with Crippen molar-refractivity contribution in [3.05, 3.63) is 65.7 Å². The molecule has 0 fully saturated rings. The first kappa shape index (κ1) is 12.6. The summed E-state index contributed by atoms with van der Waals surface area (Å²) in [6, 6.07) is 15.8. The van der Waals surface area contributed by atoms with Crippen LogP contribution in [0.5, 0.6) is 0 Å². The minimum atomic E-state index is -0.334. The predicted octanol–water partition coefficient (Wildman–Crippen LogP) is 1.32. The molecule has 5 N–H and O–H groups in total. The normalized spacial score (nSPS) is 11.1. The summed E-state index contributed by atoms with van der Waals surface area (Å²) in [5.41, 5.74) is 15.5. The second kappa shape index (κ2) is 5.68. The number of anilines is 1. The van der Waals surface area contributed by atoms with E-state index in [0.717, 1.165) is 5.56 Å². The molecule has 0 radical (unpaired) electrons. The molecule has 2 rings (SSSR count). The van der Waals surface area contributed by atoms with Gasteiger partial charge in [-0.05, 0) is 24.3 Å². The Labute approximate surface area is 110 Å². The number of amidine groups is 1. The molecule has 0 aliphatic rings. The zero-order valence-electron chi connectivity index (χ0n) is 10.2. The first-order chi connectivity index (χ1) is 9.16. The van der Waals surface area contributed by atoms with Crippen LogP contribution >= 0.6 is 0 Å². The van der Waals surface area contributed by atoms with Gasteiger partial charge in [-0.15, -0.1) is 0 Å². The fourth-order valence-electron chi connectivity index (χ4n) is 1.48. The average molecular weight is 254 g/mol. The zero-order chi connectivity index (χ0) is 13.7. The number of nitrogens with two attached hydrogens (primary N) is 2. The van der Waals surface area contributed by atoms with E-state index >= 15 is 0 Å². The number of nitrogens with one attached hydrogen (secondary N) is 1. The molecule has 5 nitrogen and oxygen atoms in total. The van der Waals surface area contributed by atoms with E-state index in [9.17, 15) is 4.79 Å². The van der Waals surface area contributed by atoms with Crippen molar-refractivity contribution in [1.29, 1.82) is 0 Å². The molecule has 0 heterocycles. The van der Waals surface area contributed by atoms with Crippen molar-refractivity contribution in [3.63, 3.8) is 0 Å². The van der Waals surface area contributed by atoms with Crippen molar-refractivity contribution >= 4 is 17.4 Å². The average Bonchev–Trinajstić information content (AvgIpc) is 2.46. The summed E-state index contributed by atoms with van der Waals surface area (Å²) in [6.07, 6.45) is 0. The molecule has 0 spiro atoms. The molecular weight excluding hydrogens is 240 g/mol. The van der Waals surface area contributed by atoms with Gasteiger partial charge in [0, 0.05) is 16.8 Å². The van der Waals surface area contributed by atoms with Gasteiger partial charge in [-0.2, -0.15) is 5.10 Å². The minimum Gasteiger partial charge on any atom is -0.399 e. The standard InChI is InChI=1S/C14H14N4O/c15-12-8-6-11(7-9-12)14(19)18-17-13(16)10-4-2-1-3-5-10/h1-9H,15H2,(H2,16,17)(H,18,19). The molecule has 0 unspecified atom stereocenters. The van der Waals surface area contributed by atoms with Gasteiger partial charge in [-0.1, -0.05) is 30.3 Å². The van der Waals surface area contributed by atoms with Crippen LogP contribution in [0.1, 0.15) is 15.9 Å². The number of nitrogen functional groups attached to an aromatic ring is 1. The van der Waals surface area contributed by atoms with Gasteiger partial charge in [0.1, 0.15) is 0 Å². The van der Waals surface area contributed by atoms with Crippen LogP contribution in [-0.4, -0.2) is 11.7 Å². The van der Waals surface area contributed by atoms with Crippen molar-refractivity contribution in [1.82, 2.24) is 5.43 Å². The van der Waals surface area contributed by atoms with Gasteiger partial charge < -0.3 is 11.5 Å². The Morgan fingerprint density at radius 2 is 1.58 bits per heavy atom. The highest BCUT2D eigenvalue weighted by Crippen LogP contribution is 2.05. The van der Waals surface area contributed by atoms with Gasteiger partial charge in [0.2, 0.25) is 0 Å². The van der Waals surface area contributed by atoms with Crippen LogP contribution in [0.2, 0.25) is 0 Å². The van der Waals surface area contributed by atoms with Gasteiger partial charge in [0.15, 0.2) is 5.84 Å². The van der Waals surface area contributed by atoms with Gasteiger partial charge in [0.25, 0.3) is 5.91 Å². The summed E-state index contributed by atoms with van der Waals surface area (Å²) < 4.78 is 0. The van der Waals surface area contributed by atoms with Crippen molar-refractivity contribution in [2.24, 2.45) is 10.8 Å². The van der Waals surface area contributed by atoms with Gasteiger partial charge in [-0.3, -0.25) is 4.79 Å². The van der Waals surface area contributed by atoms with Crippen LogP contribution in [0.25, 0.3) is 0 Å². The third-order valence-electron chi connectivity index (χ3n) is 2.52. The van der Waals surface area contributed by atoms with E-state index < -0.39 is 0 Å². The van der Waals surface area contributed by atoms with Crippen LogP contribution in [-0.2, 0) is 0 Å². The maximum atomic E-state index is 11.8. The molecule has 0 atom stereocenters. The summed E-state index contributed by atoms with van der Waals surface area (Å²) in [4.78, 5) is 11.8. The highest BCUT2D eigenvalue weighted by atomic mass is 16.2. The maximum absolute atomic E-state index is 11.8. The molecule has 19 heavy (non-hydrogen) atoms. The molecule has 96 valence electrons. The monoisotopic (exact) mass is 254 g/mol. The SMILES string of the molecule is N/C(=N\NC(=O)c1ccc(N)cc1)c1ccccc1. The second-order valence-corrected chi connectivity index (χ2v) is 3.93. The summed E-state index contributed by atoms with van der Waals surface area (Å²) in [7, 11) is 0. The number of nitrogens with zero attached hydrogens (tertiary/aromatic N) is 1. The van der Waals surface area contributed by atoms with Crippen LogP contribution in [0.4, 0.5) is 5.69 Å². The lowest BCUT2D eigenvalue weighted by molar-refractivity contribution is 0.0955. The van der Waals surface area contributed by atoms with Crippen molar-refractivity contribution in [3.8, 4) is 0 Å². The van der Waals surface area contributed by atoms with E-state index in [2.05, 4.69) is 10.5 Å². The number of hydrogen-bond acceptors (Lipinski definition) is 3. The van der Waals surface area contributed by atoms with Crippen LogP contribution in [0, 0.1) is 0 Å². The highest BCUT2D eigenvalue weighted by molar-refractivity contribution is 6.00. The van der Waals surface area contributed by atoms with Gasteiger partial charge in [0.05, 0.1) is 0 Å². The molecule has 0 saturated carbocycles. The largest absolute Gasteiger partial charge is 0.399 e. The molecule has 0 aliphatic carbocycles. The summed E-state index contributed by atoms with van der Waals surface area (Å²) >= 11 is 0. The summed E-state index contributed by atoms with van der Waals surface area (Å²) in [5.74, 6) is -0.0803. The van der Waals surface area contributed by atoms with Crippen LogP contribution in [0.15, 0.2) is 59.7 Å². The van der Waals surface area contributed by atoms with Gasteiger partial charge >= 0.3 is 0 Å². The first-order valence-corrected chi connectivity index (χ1v) is 5.71. The number of amides is 1. The maximum Gasteiger partial charge on any atom is 0.271 e. The smallest absolute Gasteiger partial charge is 0.271 e. The zero-order valence-corrected chi connectivity index (χ0v) is 10.2. The lowest BCUT2D eigenvalue weighted by Gasteiger charge is -2.03. The Kier molecular flexibility index (Phi) is 3.78. The Morgan fingerprint density at radius 1 is 0.947 bits per heavy atom. The molecule has 1 amide bonds. The van der Waals surface area contributed by atoms with E-state index in [1.807, 2.05) is 30.3 Å². The molecule has 0 aromatic heterocycles. The second-order valence-electron chi connectivity index (χ2n) is 3.93. The molecule has 0 bridgehead atoms. The number of carbonyl (C=O) groups excluding carboxylic acids is 1. The number of carbonyl (C=O) groups is 1. The van der Waals surface area contributed by atoms with E-state index in [0.29, 0.717) is 11.3 Å². The van der Waals surface area contributed by atoms with Crippen molar-refractivity contribution < 1.29 is 4.79 Å². The first-order valence-electron chi connectivity index (χ1n) is 5.71. The fourth-order valence-corrected chi connectivity index (χ4v) is 1.48. The third kappa shape index (κ3) is 3.32. The van der Waals surface area contributed by atoms with E-state index in [1.54, 1.807) is 24.3 Å².